The van der Waals surface area contributed by atoms with E-state index in [0.717, 1.165) is 18.2 Å². The molecule has 2 aromatic rings. The average molecular weight is 283 g/mol. The molecule has 0 amide bonds. The van der Waals surface area contributed by atoms with Crippen LogP contribution in [0.1, 0.15) is 6.92 Å². The summed E-state index contributed by atoms with van der Waals surface area (Å²) in [5.41, 5.74) is 0.559. The van der Waals surface area contributed by atoms with Crippen LogP contribution in [0.25, 0.3) is 10.9 Å². The third kappa shape index (κ3) is 3.05. The van der Waals surface area contributed by atoms with Gasteiger partial charge in [0.25, 0.3) is 5.56 Å². The fourth-order valence-electron chi connectivity index (χ4n) is 2.04. The molecule has 0 saturated heterocycles. The maximum absolute atomic E-state index is 12.3. The van der Waals surface area contributed by atoms with Crippen molar-refractivity contribution in [1.82, 2.24) is 13.9 Å². The molecule has 0 fully saturated rings. The molecule has 2 heterocycles. The van der Waals surface area contributed by atoms with E-state index in [1.807, 2.05) is 29.8 Å². The minimum Gasteiger partial charge on any atom is -0.343 e. The Kier molecular flexibility index (Phi) is 3.77. The highest BCUT2D eigenvalue weighted by atomic mass is 32.2. The van der Waals surface area contributed by atoms with E-state index in [-0.39, 0.29) is 12.1 Å². The lowest BCUT2D eigenvalue weighted by Gasteiger charge is -2.07. The number of rotatable bonds is 5. The van der Waals surface area contributed by atoms with Gasteiger partial charge in [-0.2, -0.15) is 0 Å². The van der Waals surface area contributed by atoms with Crippen LogP contribution in [0.2, 0.25) is 0 Å². The number of aromatic nitrogens is 2. The van der Waals surface area contributed by atoms with Gasteiger partial charge in [0.2, 0.25) is 10.0 Å². The van der Waals surface area contributed by atoms with Gasteiger partial charge in [-0.15, -0.1) is 0 Å². The van der Waals surface area contributed by atoms with Gasteiger partial charge in [-0.05, 0) is 19.1 Å². The summed E-state index contributed by atoms with van der Waals surface area (Å²) in [6.07, 6.45) is 4.67. The topological polar surface area (TPSA) is 73.1 Å². The van der Waals surface area contributed by atoms with Gasteiger partial charge in [0.1, 0.15) is 5.52 Å². The molecule has 0 aromatic carbocycles. The van der Waals surface area contributed by atoms with E-state index < -0.39 is 10.0 Å². The highest BCUT2D eigenvalue weighted by Crippen LogP contribution is 2.10. The molecule has 2 rings (SSSR count). The summed E-state index contributed by atoms with van der Waals surface area (Å²) in [5, 5.41) is 0.902. The summed E-state index contributed by atoms with van der Waals surface area (Å²) in [6.45, 7) is 3.22. The predicted molar refractivity (Wildman–Crippen MR) is 74.7 cm³/mol. The number of pyridine rings is 1. The van der Waals surface area contributed by atoms with Gasteiger partial charge in [0.15, 0.2) is 0 Å². The number of sulfonamides is 1. The maximum Gasteiger partial charge on any atom is 0.275 e. The first-order valence-corrected chi connectivity index (χ1v) is 7.94. The molecule has 0 aliphatic rings. The quantitative estimate of drug-likeness (QED) is 0.861. The molecular weight excluding hydrogens is 266 g/mol. The Morgan fingerprint density at radius 2 is 1.84 bits per heavy atom. The van der Waals surface area contributed by atoms with E-state index in [4.69, 9.17) is 0 Å². The smallest absolute Gasteiger partial charge is 0.275 e. The van der Waals surface area contributed by atoms with E-state index in [2.05, 4.69) is 4.72 Å². The summed E-state index contributed by atoms with van der Waals surface area (Å²) in [7, 11) is -3.22. The number of hydrogen-bond acceptors (Lipinski definition) is 3. The second-order valence-corrected chi connectivity index (χ2v) is 6.22. The number of nitrogens with one attached hydrogen (secondary N) is 1. The van der Waals surface area contributed by atoms with Crippen LogP contribution >= 0.6 is 0 Å². The van der Waals surface area contributed by atoms with Crippen molar-refractivity contribution < 1.29 is 8.42 Å². The first kappa shape index (κ1) is 13.8. The van der Waals surface area contributed by atoms with E-state index in [0.29, 0.717) is 12.1 Å². The van der Waals surface area contributed by atoms with Crippen molar-refractivity contribution in [3.8, 4) is 0 Å². The SMILES string of the molecule is CCn1ccc2ccn(CCNS(C)(=O)=O)c(=O)c21. The van der Waals surface area contributed by atoms with Gasteiger partial charge in [-0.1, -0.05) is 0 Å². The van der Waals surface area contributed by atoms with Crippen LogP contribution in [0.3, 0.4) is 0 Å². The third-order valence-electron chi connectivity index (χ3n) is 2.95. The van der Waals surface area contributed by atoms with Crippen molar-refractivity contribution in [2.24, 2.45) is 0 Å². The van der Waals surface area contributed by atoms with E-state index >= 15 is 0 Å². The lowest BCUT2D eigenvalue weighted by Crippen LogP contribution is -2.30. The number of fused-ring (bicyclic) bond motifs is 1. The van der Waals surface area contributed by atoms with Crippen LogP contribution in [-0.4, -0.2) is 30.4 Å². The van der Waals surface area contributed by atoms with Crippen LogP contribution in [-0.2, 0) is 23.1 Å². The van der Waals surface area contributed by atoms with Gasteiger partial charge in [0.05, 0.1) is 6.26 Å². The Hall–Kier alpha value is -1.60. The second-order valence-electron chi connectivity index (χ2n) is 4.39. The number of aryl methyl sites for hydroxylation is 1. The second kappa shape index (κ2) is 5.18. The normalized spacial score (nSPS) is 12.1. The fourth-order valence-corrected chi connectivity index (χ4v) is 2.50. The molecule has 0 bridgehead atoms. The highest BCUT2D eigenvalue weighted by Gasteiger charge is 2.07. The zero-order valence-corrected chi connectivity index (χ0v) is 11.8. The molecular formula is C12H17N3O3S. The lowest BCUT2D eigenvalue weighted by molar-refractivity contribution is 0.576. The van der Waals surface area contributed by atoms with Crippen molar-refractivity contribution in [2.45, 2.75) is 20.0 Å². The first-order valence-electron chi connectivity index (χ1n) is 6.05. The molecule has 0 spiro atoms. The zero-order valence-electron chi connectivity index (χ0n) is 11.0. The van der Waals surface area contributed by atoms with Crippen LogP contribution in [0.4, 0.5) is 0 Å². The highest BCUT2D eigenvalue weighted by molar-refractivity contribution is 7.88. The van der Waals surface area contributed by atoms with Gasteiger partial charge in [0, 0.05) is 37.4 Å². The van der Waals surface area contributed by atoms with Gasteiger partial charge in [-0.3, -0.25) is 4.79 Å². The largest absolute Gasteiger partial charge is 0.343 e. The molecule has 0 atom stereocenters. The Morgan fingerprint density at radius 3 is 2.42 bits per heavy atom. The minimum absolute atomic E-state index is 0.0975. The number of nitrogens with zero attached hydrogens (tertiary/aromatic N) is 2. The maximum atomic E-state index is 12.3. The predicted octanol–water partition coefficient (Wildman–Crippen LogP) is 0.372. The molecule has 104 valence electrons. The van der Waals surface area contributed by atoms with Crippen molar-refractivity contribution in [2.75, 3.05) is 12.8 Å². The molecule has 2 aromatic heterocycles. The summed E-state index contributed by atoms with van der Waals surface area (Å²) in [4.78, 5) is 12.3. The molecule has 1 N–H and O–H groups in total. The van der Waals surface area contributed by atoms with Crippen molar-refractivity contribution >= 4 is 20.9 Å². The summed E-state index contributed by atoms with van der Waals surface area (Å²) in [6, 6.07) is 3.77. The zero-order chi connectivity index (χ0) is 14.0. The Bertz CT molecular complexity index is 743. The summed E-state index contributed by atoms with van der Waals surface area (Å²) >= 11 is 0. The molecule has 0 unspecified atom stereocenters. The van der Waals surface area contributed by atoms with Crippen molar-refractivity contribution in [3.63, 3.8) is 0 Å². The van der Waals surface area contributed by atoms with Crippen molar-refractivity contribution in [3.05, 3.63) is 34.9 Å². The Balaban J connectivity index is 2.29. The third-order valence-corrected chi connectivity index (χ3v) is 3.68. The fraction of sp³-hybridized carbons (Fsp3) is 0.417. The van der Waals surface area contributed by atoms with E-state index in [1.54, 1.807) is 6.20 Å². The van der Waals surface area contributed by atoms with Crippen LogP contribution < -0.4 is 10.3 Å². The standard InChI is InChI=1S/C12H17N3O3S/c1-3-14-7-4-10-5-8-15(12(16)11(10)14)9-6-13-19(2,17)18/h4-5,7-8,13H,3,6,9H2,1-2H3. The molecule has 19 heavy (non-hydrogen) atoms. The van der Waals surface area contributed by atoms with Gasteiger partial charge < -0.3 is 9.13 Å². The Labute approximate surface area is 111 Å². The van der Waals surface area contributed by atoms with Crippen LogP contribution in [0.15, 0.2) is 29.3 Å². The summed E-state index contributed by atoms with van der Waals surface area (Å²) < 4.78 is 27.7. The van der Waals surface area contributed by atoms with Crippen LogP contribution in [0, 0.1) is 0 Å². The minimum atomic E-state index is -3.22. The first-order chi connectivity index (χ1) is 8.92. The van der Waals surface area contributed by atoms with E-state index in [9.17, 15) is 13.2 Å². The lowest BCUT2D eigenvalue weighted by atomic mass is 10.3. The van der Waals surface area contributed by atoms with Gasteiger partial charge in [-0.25, -0.2) is 13.1 Å². The van der Waals surface area contributed by atoms with Crippen molar-refractivity contribution in [1.29, 1.82) is 0 Å². The molecule has 6 nitrogen and oxygen atoms in total. The number of hydrogen-bond donors (Lipinski definition) is 1. The van der Waals surface area contributed by atoms with E-state index in [1.165, 1.54) is 4.57 Å². The monoisotopic (exact) mass is 283 g/mol. The molecule has 0 radical (unpaired) electrons. The molecule has 0 aliphatic carbocycles. The molecule has 0 saturated carbocycles. The molecule has 0 aliphatic heterocycles. The summed E-state index contributed by atoms with van der Waals surface area (Å²) in [5.74, 6) is 0. The Morgan fingerprint density at radius 1 is 1.21 bits per heavy atom. The average Bonchev–Trinajstić information content (AvgIpc) is 2.74. The van der Waals surface area contributed by atoms with Gasteiger partial charge >= 0.3 is 0 Å². The van der Waals surface area contributed by atoms with Crippen LogP contribution in [0.5, 0.6) is 0 Å². The molecule has 7 heteroatoms.